The molecule has 3 aliphatic rings. The summed E-state index contributed by atoms with van der Waals surface area (Å²) in [6.45, 7) is 2.65. The summed E-state index contributed by atoms with van der Waals surface area (Å²) in [5.74, 6) is 1.36. The number of hydrogen-bond donors (Lipinski definition) is 0. The van der Waals surface area contributed by atoms with E-state index in [0.717, 1.165) is 5.88 Å². The molecule has 3 nitrogen and oxygen atoms in total. The summed E-state index contributed by atoms with van der Waals surface area (Å²) in [4.78, 5) is 6.87. The van der Waals surface area contributed by atoms with Crippen LogP contribution in [0.5, 0.6) is 5.88 Å². The molecule has 1 aromatic rings. The molecule has 104 valence electrons. The average Bonchev–Trinajstić information content (AvgIpc) is 2.42. The smallest absolute Gasteiger partial charge is 0.213 e. The summed E-state index contributed by atoms with van der Waals surface area (Å²) in [7, 11) is 2.22. The zero-order valence-electron chi connectivity index (χ0n) is 11.0. The minimum absolute atomic E-state index is 0. The van der Waals surface area contributed by atoms with Gasteiger partial charge in [-0.05, 0) is 38.3 Å². The third-order valence-electron chi connectivity index (χ3n) is 4.14. The van der Waals surface area contributed by atoms with Crippen LogP contribution in [-0.2, 0) is 0 Å². The molecule has 0 N–H and O–H groups in total. The van der Waals surface area contributed by atoms with Crippen molar-refractivity contribution >= 4 is 0 Å². The average molecular weight is 260 g/mol. The Morgan fingerprint density at radius 1 is 1.32 bits per heavy atom. The molecule has 0 spiro atoms. The van der Waals surface area contributed by atoms with E-state index in [1.807, 2.05) is 19.2 Å². The number of likely N-dealkylation sites (N-methyl/N-ethyl adjacent to an activating group) is 1. The number of ether oxygens (including phenoxy) is 1. The molecular weight excluding hydrogens is 236 g/mol. The molecule has 1 aliphatic carbocycles. The lowest BCUT2D eigenvalue weighted by Gasteiger charge is -2.46. The topological polar surface area (TPSA) is 25.4 Å². The largest absolute Gasteiger partial charge is 0.478 e. The minimum atomic E-state index is 0. The summed E-state index contributed by atoms with van der Waals surface area (Å²) < 4.78 is 5.40. The van der Waals surface area contributed by atoms with E-state index < -0.39 is 0 Å². The zero-order valence-corrected chi connectivity index (χ0v) is 11.0. The second kappa shape index (κ2) is 5.74. The van der Waals surface area contributed by atoms with Gasteiger partial charge in [0.15, 0.2) is 0 Å². The van der Waals surface area contributed by atoms with Gasteiger partial charge in [0.1, 0.15) is 0 Å². The Kier molecular flexibility index (Phi) is 4.25. The highest BCUT2D eigenvalue weighted by Crippen LogP contribution is 2.42. The first-order valence-corrected chi connectivity index (χ1v) is 6.78. The van der Waals surface area contributed by atoms with Crippen molar-refractivity contribution in [1.29, 1.82) is 0 Å². The van der Waals surface area contributed by atoms with Crippen LogP contribution in [0.15, 0.2) is 30.5 Å². The Labute approximate surface area is 116 Å². The Bertz CT molecular complexity index is 441. The third-order valence-corrected chi connectivity index (χ3v) is 4.14. The van der Waals surface area contributed by atoms with Gasteiger partial charge in [0.2, 0.25) is 5.88 Å². The molecule has 19 heavy (non-hydrogen) atoms. The minimum Gasteiger partial charge on any atom is -0.478 e. The molecule has 1 aromatic heterocycles. The molecule has 2 aliphatic heterocycles. The molecule has 1 saturated heterocycles. The number of hydrogen-bond acceptors (Lipinski definition) is 3. The van der Waals surface area contributed by atoms with Crippen LogP contribution in [-0.4, -0.2) is 29.6 Å². The lowest BCUT2D eigenvalue weighted by Crippen LogP contribution is -2.44. The van der Waals surface area contributed by atoms with Gasteiger partial charge in [0, 0.05) is 24.3 Å². The monoisotopic (exact) mass is 260 g/mol. The fourth-order valence-corrected chi connectivity index (χ4v) is 3.22. The van der Waals surface area contributed by atoms with Gasteiger partial charge in [-0.15, -0.1) is 0 Å². The molecule has 4 rings (SSSR count). The van der Waals surface area contributed by atoms with Crippen LogP contribution in [0.4, 0.5) is 0 Å². The highest BCUT2D eigenvalue weighted by molar-refractivity contribution is 5.26. The molecule has 1 fully saturated rings. The fraction of sp³-hybridized carbons (Fsp3) is 0.562. The van der Waals surface area contributed by atoms with Gasteiger partial charge in [-0.1, -0.05) is 25.6 Å². The predicted octanol–water partition coefficient (Wildman–Crippen LogP) is 3.44. The summed E-state index contributed by atoms with van der Waals surface area (Å²) >= 11 is 0. The molecule has 0 amide bonds. The van der Waals surface area contributed by atoms with E-state index in [9.17, 15) is 0 Å². The first-order chi connectivity index (χ1) is 8.79. The molecule has 0 aromatic carbocycles. The van der Waals surface area contributed by atoms with E-state index in [0.29, 0.717) is 24.6 Å². The van der Waals surface area contributed by atoms with E-state index in [1.165, 1.54) is 18.4 Å². The fourth-order valence-electron chi connectivity index (χ4n) is 3.22. The number of rotatable bonds is 3. The maximum Gasteiger partial charge on any atom is 0.213 e. The second-order valence-electron chi connectivity index (χ2n) is 5.17. The molecule has 3 heterocycles. The van der Waals surface area contributed by atoms with Gasteiger partial charge in [0.05, 0.1) is 6.61 Å². The Hall–Kier alpha value is -1.35. The molecule has 3 unspecified atom stereocenters. The highest BCUT2D eigenvalue weighted by atomic mass is 16.5. The van der Waals surface area contributed by atoms with Crippen molar-refractivity contribution in [3.63, 3.8) is 0 Å². The van der Waals surface area contributed by atoms with Crippen molar-refractivity contribution in [2.75, 3.05) is 13.7 Å². The molecule has 0 radical (unpaired) electrons. The van der Waals surface area contributed by atoms with Crippen LogP contribution in [0.1, 0.15) is 38.8 Å². The number of nitrogens with zero attached hydrogens (tertiary/aromatic N) is 2. The third kappa shape index (κ3) is 2.52. The maximum absolute atomic E-state index is 5.40. The van der Waals surface area contributed by atoms with Crippen molar-refractivity contribution in [3.05, 3.63) is 36.0 Å². The normalized spacial score (nSPS) is 29.1. The SMILES string of the molecule is C.CCOc1ccc(C2C3C=CC(CC3)N2C)cn1. The number of aromatic nitrogens is 1. The van der Waals surface area contributed by atoms with Crippen LogP contribution in [0.25, 0.3) is 0 Å². The second-order valence-corrected chi connectivity index (χ2v) is 5.17. The van der Waals surface area contributed by atoms with Crippen molar-refractivity contribution in [2.24, 2.45) is 5.92 Å². The van der Waals surface area contributed by atoms with Gasteiger partial charge >= 0.3 is 0 Å². The summed E-state index contributed by atoms with van der Waals surface area (Å²) in [5.41, 5.74) is 1.31. The van der Waals surface area contributed by atoms with Crippen LogP contribution in [0, 0.1) is 5.92 Å². The summed E-state index contributed by atoms with van der Waals surface area (Å²) in [6, 6.07) is 5.23. The van der Waals surface area contributed by atoms with Gasteiger partial charge in [-0.2, -0.15) is 0 Å². The molecular formula is C16H24N2O. The van der Waals surface area contributed by atoms with Gasteiger partial charge in [0.25, 0.3) is 0 Å². The maximum atomic E-state index is 5.40. The zero-order chi connectivity index (χ0) is 12.5. The van der Waals surface area contributed by atoms with Gasteiger partial charge in [-0.25, -0.2) is 4.98 Å². The Balaban J connectivity index is 0.00000133. The summed E-state index contributed by atoms with van der Waals surface area (Å²) in [5, 5.41) is 0. The van der Waals surface area contributed by atoms with E-state index in [1.54, 1.807) is 0 Å². The van der Waals surface area contributed by atoms with Crippen molar-refractivity contribution in [2.45, 2.75) is 39.3 Å². The first kappa shape index (κ1) is 14.1. The van der Waals surface area contributed by atoms with Crippen molar-refractivity contribution in [1.82, 2.24) is 9.88 Å². The molecule has 3 atom stereocenters. The first-order valence-electron chi connectivity index (χ1n) is 6.78. The number of piperidine rings is 1. The lowest BCUT2D eigenvalue weighted by molar-refractivity contribution is 0.0922. The van der Waals surface area contributed by atoms with E-state index in [-0.39, 0.29) is 7.43 Å². The van der Waals surface area contributed by atoms with E-state index in [4.69, 9.17) is 4.74 Å². The van der Waals surface area contributed by atoms with E-state index in [2.05, 4.69) is 35.1 Å². The van der Waals surface area contributed by atoms with Crippen LogP contribution < -0.4 is 4.74 Å². The molecule has 3 heteroatoms. The molecule has 0 saturated carbocycles. The highest BCUT2D eigenvalue weighted by Gasteiger charge is 2.37. The Morgan fingerprint density at radius 3 is 2.68 bits per heavy atom. The summed E-state index contributed by atoms with van der Waals surface area (Å²) in [6.07, 6.45) is 9.30. The number of fused-ring (bicyclic) bond motifs is 2. The van der Waals surface area contributed by atoms with Crippen molar-refractivity contribution in [3.8, 4) is 5.88 Å². The van der Waals surface area contributed by atoms with Crippen LogP contribution in [0.2, 0.25) is 0 Å². The van der Waals surface area contributed by atoms with Crippen LogP contribution in [0.3, 0.4) is 0 Å². The Morgan fingerprint density at radius 2 is 2.16 bits per heavy atom. The van der Waals surface area contributed by atoms with Crippen LogP contribution >= 0.6 is 0 Å². The van der Waals surface area contributed by atoms with Crippen molar-refractivity contribution < 1.29 is 4.74 Å². The predicted molar refractivity (Wildman–Crippen MR) is 78.3 cm³/mol. The van der Waals surface area contributed by atoms with Gasteiger partial charge in [-0.3, -0.25) is 4.90 Å². The molecule has 2 bridgehead atoms. The van der Waals surface area contributed by atoms with E-state index >= 15 is 0 Å². The number of pyridine rings is 1. The quantitative estimate of drug-likeness (QED) is 0.778. The van der Waals surface area contributed by atoms with Gasteiger partial charge < -0.3 is 4.74 Å². The standard InChI is InChI=1S/C15H20N2O.CH4/c1-3-18-14-9-6-12(10-16-14)15-11-4-7-13(8-5-11)17(15)2;/h4,6-7,9-11,13,15H,3,5,8H2,1-2H3;1H4. The lowest BCUT2D eigenvalue weighted by atomic mass is 9.78.